The molecule has 0 saturated carbocycles. The number of furan rings is 2. The minimum atomic E-state index is 0.541. The molecule has 0 radical (unpaired) electrons. The summed E-state index contributed by atoms with van der Waals surface area (Å²) in [5.74, 6) is 1.67. The minimum absolute atomic E-state index is 0.541. The minimum Gasteiger partial charge on any atom is -0.456 e. The van der Waals surface area contributed by atoms with E-state index in [4.69, 9.17) is 23.8 Å². The average molecular weight is 666 g/mol. The molecule has 0 bridgehead atoms. The van der Waals surface area contributed by atoms with Crippen molar-refractivity contribution in [2.45, 2.75) is 0 Å². The van der Waals surface area contributed by atoms with Gasteiger partial charge in [0.25, 0.3) is 0 Å². The van der Waals surface area contributed by atoms with Crippen LogP contribution in [0.5, 0.6) is 0 Å². The van der Waals surface area contributed by atoms with Crippen LogP contribution in [0.2, 0.25) is 0 Å². The van der Waals surface area contributed by atoms with Gasteiger partial charge < -0.3 is 8.83 Å². The Labute approximate surface area is 297 Å². The van der Waals surface area contributed by atoms with Gasteiger partial charge in [0.2, 0.25) is 0 Å². The van der Waals surface area contributed by atoms with E-state index in [0.29, 0.717) is 17.5 Å². The van der Waals surface area contributed by atoms with Crippen molar-refractivity contribution in [3.63, 3.8) is 0 Å². The predicted octanol–water partition coefficient (Wildman–Crippen LogP) is 12.6. The molecule has 8 aromatic carbocycles. The lowest BCUT2D eigenvalue weighted by molar-refractivity contribution is 0.668. The highest BCUT2D eigenvalue weighted by Crippen LogP contribution is 2.38. The second-order valence-corrected chi connectivity index (χ2v) is 13.2. The zero-order valence-corrected chi connectivity index (χ0v) is 27.7. The van der Waals surface area contributed by atoms with Crippen molar-refractivity contribution < 1.29 is 8.83 Å². The van der Waals surface area contributed by atoms with Gasteiger partial charge >= 0.3 is 0 Å². The van der Waals surface area contributed by atoms with Crippen LogP contribution in [0.25, 0.3) is 111 Å². The largest absolute Gasteiger partial charge is 0.456 e. The fourth-order valence-corrected chi connectivity index (χ4v) is 7.64. The van der Waals surface area contributed by atoms with Crippen LogP contribution in [0.1, 0.15) is 0 Å². The van der Waals surface area contributed by atoms with Crippen LogP contribution in [0, 0.1) is 0 Å². The summed E-state index contributed by atoms with van der Waals surface area (Å²) in [7, 11) is 0. The van der Waals surface area contributed by atoms with E-state index in [2.05, 4.69) is 109 Å². The number of aromatic nitrogens is 3. The zero-order valence-electron chi connectivity index (χ0n) is 27.7. The molecule has 3 aromatic heterocycles. The molecular formula is C47H27N3O2. The Bertz CT molecular complexity index is 3190. The lowest BCUT2D eigenvalue weighted by atomic mass is 9.93. The molecule has 0 spiro atoms. The number of hydrogen-bond acceptors (Lipinski definition) is 5. The Morgan fingerprint density at radius 1 is 0.327 bits per heavy atom. The number of rotatable bonds is 4. The number of para-hydroxylation sites is 3. The van der Waals surface area contributed by atoms with E-state index < -0.39 is 0 Å². The maximum absolute atomic E-state index is 6.44. The average Bonchev–Trinajstić information content (AvgIpc) is 3.78. The van der Waals surface area contributed by atoms with Crippen molar-refractivity contribution in [2.24, 2.45) is 0 Å². The number of fused-ring (bicyclic) bond motifs is 9. The van der Waals surface area contributed by atoms with E-state index in [9.17, 15) is 0 Å². The highest BCUT2D eigenvalue weighted by molar-refractivity contribution is 6.14. The third kappa shape index (κ3) is 4.46. The Morgan fingerprint density at radius 3 is 1.73 bits per heavy atom. The molecular weight excluding hydrogens is 639 g/mol. The van der Waals surface area contributed by atoms with Gasteiger partial charge in [-0.25, -0.2) is 15.0 Å². The summed E-state index contributed by atoms with van der Waals surface area (Å²) >= 11 is 0. The number of nitrogens with zero attached hydrogens (tertiary/aromatic N) is 3. The standard InChI is InChI=1S/C47H27N3O2/c1-2-11-33-28(9-1)19-22-30-10-7-14-34(43(30)33)29-20-23-31(24-21-29)45-48-46(32-25-26-37-35-12-3-5-17-40(35)51-42(37)27-32)50-47(49-45)39-16-8-15-38-36-13-4-6-18-41(36)52-44(38)39/h1-27H. The molecule has 0 aliphatic heterocycles. The molecule has 3 heterocycles. The molecule has 0 atom stereocenters. The molecule has 0 aliphatic rings. The topological polar surface area (TPSA) is 65.0 Å². The quantitative estimate of drug-likeness (QED) is 0.175. The highest BCUT2D eigenvalue weighted by atomic mass is 16.3. The summed E-state index contributed by atoms with van der Waals surface area (Å²) in [6.45, 7) is 0. The van der Waals surface area contributed by atoms with Crippen molar-refractivity contribution >= 4 is 65.4 Å². The van der Waals surface area contributed by atoms with Gasteiger partial charge in [0, 0.05) is 32.7 Å². The van der Waals surface area contributed by atoms with Crippen LogP contribution in [-0.4, -0.2) is 15.0 Å². The summed E-state index contributed by atoms with van der Waals surface area (Å²) in [5.41, 5.74) is 8.06. The van der Waals surface area contributed by atoms with Crippen molar-refractivity contribution in [3.8, 4) is 45.3 Å². The summed E-state index contributed by atoms with van der Waals surface area (Å²) in [6.07, 6.45) is 0. The van der Waals surface area contributed by atoms with Crippen molar-refractivity contribution in [1.82, 2.24) is 15.0 Å². The summed E-state index contributed by atoms with van der Waals surface area (Å²) < 4.78 is 12.7. The molecule has 242 valence electrons. The molecule has 0 amide bonds. The van der Waals surface area contributed by atoms with Crippen LogP contribution in [0.4, 0.5) is 0 Å². The summed E-state index contributed by atoms with van der Waals surface area (Å²) in [4.78, 5) is 15.3. The third-order valence-corrected chi connectivity index (χ3v) is 10.1. The fraction of sp³-hybridized carbons (Fsp3) is 0. The molecule has 5 heteroatoms. The zero-order chi connectivity index (χ0) is 34.2. The van der Waals surface area contributed by atoms with E-state index in [-0.39, 0.29) is 0 Å². The van der Waals surface area contributed by atoms with E-state index in [1.54, 1.807) is 0 Å². The molecule has 52 heavy (non-hydrogen) atoms. The Balaban J connectivity index is 1.09. The number of benzene rings is 8. The first-order chi connectivity index (χ1) is 25.7. The Morgan fingerprint density at radius 2 is 0.885 bits per heavy atom. The van der Waals surface area contributed by atoms with Crippen LogP contribution in [-0.2, 0) is 0 Å². The van der Waals surface area contributed by atoms with Gasteiger partial charge in [0.15, 0.2) is 17.5 Å². The van der Waals surface area contributed by atoms with Crippen molar-refractivity contribution in [1.29, 1.82) is 0 Å². The normalized spacial score (nSPS) is 11.8. The molecule has 0 N–H and O–H groups in total. The highest BCUT2D eigenvalue weighted by Gasteiger charge is 2.19. The molecule has 5 nitrogen and oxygen atoms in total. The first-order valence-electron chi connectivity index (χ1n) is 17.3. The molecule has 11 aromatic rings. The molecule has 0 saturated heterocycles. The second kappa shape index (κ2) is 11.2. The SMILES string of the molecule is c1ccc2c(c1)ccc1cccc(-c3ccc(-c4nc(-c5ccc6c(c5)oc5ccccc56)nc(-c5cccc6c5oc5ccccc56)n4)cc3)c12. The van der Waals surface area contributed by atoms with Gasteiger partial charge in [-0.3, -0.25) is 0 Å². The van der Waals surface area contributed by atoms with Crippen LogP contribution in [0.3, 0.4) is 0 Å². The van der Waals surface area contributed by atoms with Crippen LogP contribution < -0.4 is 0 Å². The molecule has 0 fully saturated rings. The van der Waals surface area contributed by atoms with Gasteiger partial charge in [0.05, 0.1) is 5.56 Å². The second-order valence-electron chi connectivity index (χ2n) is 13.2. The number of hydrogen-bond donors (Lipinski definition) is 0. The monoisotopic (exact) mass is 665 g/mol. The van der Waals surface area contributed by atoms with Gasteiger partial charge in [-0.1, -0.05) is 133 Å². The van der Waals surface area contributed by atoms with Crippen LogP contribution in [0.15, 0.2) is 173 Å². The first kappa shape index (κ1) is 28.7. The maximum atomic E-state index is 6.44. The molecule has 0 aliphatic carbocycles. The summed E-state index contributed by atoms with van der Waals surface area (Å²) in [6, 6.07) is 56.5. The maximum Gasteiger partial charge on any atom is 0.167 e. The van der Waals surface area contributed by atoms with Gasteiger partial charge in [-0.05, 0) is 63.0 Å². The Hall–Kier alpha value is -7.11. The lowest BCUT2D eigenvalue weighted by Gasteiger charge is -2.12. The van der Waals surface area contributed by atoms with E-state index >= 15 is 0 Å². The fourth-order valence-electron chi connectivity index (χ4n) is 7.64. The molecule has 11 rings (SSSR count). The van der Waals surface area contributed by atoms with Gasteiger partial charge in [0.1, 0.15) is 22.3 Å². The van der Waals surface area contributed by atoms with Gasteiger partial charge in [-0.15, -0.1) is 0 Å². The third-order valence-electron chi connectivity index (χ3n) is 10.1. The predicted molar refractivity (Wildman–Crippen MR) is 211 cm³/mol. The molecule has 0 unspecified atom stereocenters. The van der Waals surface area contributed by atoms with Crippen molar-refractivity contribution in [3.05, 3.63) is 164 Å². The summed E-state index contributed by atoms with van der Waals surface area (Å²) in [5, 5.41) is 9.14. The van der Waals surface area contributed by atoms with Gasteiger partial charge in [-0.2, -0.15) is 0 Å². The lowest BCUT2D eigenvalue weighted by Crippen LogP contribution is -2.00. The van der Waals surface area contributed by atoms with Crippen molar-refractivity contribution in [2.75, 3.05) is 0 Å². The van der Waals surface area contributed by atoms with E-state index in [0.717, 1.165) is 66.1 Å². The smallest absolute Gasteiger partial charge is 0.167 e. The first-order valence-corrected chi connectivity index (χ1v) is 17.3. The Kier molecular flexibility index (Phi) is 6.18. The van der Waals surface area contributed by atoms with E-state index in [1.165, 1.54) is 27.1 Å². The van der Waals surface area contributed by atoms with E-state index in [1.807, 2.05) is 54.6 Å². The van der Waals surface area contributed by atoms with Crippen LogP contribution >= 0.6 is 0 Å².